The van der Waals surface area contributed by atoms with Gasteiger partial charge in [0, 0.05) is 24.7 Å². The van der Waals surface area contributed by atoms with Crippen LogP contribution in [0.4, 0.5) is 0 Å². The van der Waals surface area contributed by atoms with Gasteiger partial charge in [-0.15, -0.1) is 0 Å². The van der Waals surface area contributed by atoms with Crippen molar-refractivity contribution in [3.8, 4) is 11.4 Å². The number of hydrogen-bond acceptors (Lipinski definition) is 3. The van der Waals surface area contributed by atoms with Crippen molar-refractivity contribution < 1.29 is 9.90 Å². The minimum Gasteiger partial charge on any atom is -0.481 e. The van der Waals surface area contributed by atoms with Crippen LogP contribution in [0.3, 0.4) is 0 Å². The Kier molecular flexibility index (Phi) is 4.34. The van der Waals surface area contributed by atoms with Crippen LogP contribution in [0.15, 0.2) is 30.5 Å². The molecule has 3 rings (SSSR count). The highest BCUT2D eigenvalue weighted by atomic mass is 16.4. The Labute approximate surface area is 141 Å². The van der Waals surface area contributed by atoms with Crippen LogP contribution >= 0.6 is 0 Å². The fourth-order valence-electron chi connectivity index (χ4n) is 2.81. The summed E-state index contributed by atoms with van der Waals surface area (Å²) in [6.45, 7) is 6.74. The largest absolute Gasteiger partial charge is 0.481 e. The van der Waals surface area contributed by atoms with Gasteiger partial charge < -0.3 is 9.67 Å². The van der Waals surface area contributed by atoms with Crippen molar-refractivity contribution in [2.75, 3.05) is 0 Å². The van der Waals surface area contributed by atoms with Gasteiger partial charge in [0.1, 0.15) is 11.3 Å². The molecular weight excluding hydrogens is 302 g/mol. The van der Waals surface area contributed by atoms with Gasteiger partial charge in [-0.05, 0) is 56.0 Å². The monoisotopic (exact) mass is 323 g/mol. The number of rotatable bonds is 5. The minimum absolute atomic E-state index is 0.137. The minimum atomic E-state index is -0.782. The summed E-state index contributed by atoms with van der Waals surface area (Å²) in [7, 11) is 0. The SMILES string of the molecule is Cc1cnc2c(c1)nc(-c1ccc(C)c(C)c1)n2CCCC(=O)O. The summed E-state index contributed by atoms with van der Waals surface area (Å²) in [6.07, 6.45) is 2.51. The molecule has 0 aliphatic rings. The third-order valence-corrected chi connectivity index (χ3v) is 4.26. The van der Waals surface area contributed by atoms with E-state index >= 15 is 0 Å². The number of hydrogen-bond donors (Lipinski definition) is 1. The normalized spacial score (nSPS) is 11.1. The first-order chi connectivity index (χ1) is 11.5. The summed E-state index contributed by atoms with van der Waals surface area (Å²) in [5, 5.41) is 8.90. The molecule has 5 heteroatoms. The van der Waals surface area contributed by atoms with Gasteiger partial charge >= 0.3 is 5.97 Å². The number of carboxylic acids is 1. The van der Waals surface area contributed by atoms with Crippen LogP contribution in [-0.2, 0) is 11.3 Å². The third kappa shape index (κ3) is 3.15. The van der Waals surface area contributed by atoms with Gasteiger partial charge in [-0.3, -0.25) is 4.79 Å². The molecule has 0 aliphatic heterocycles. The number of aryl methyl sites for hydroxylation is 4. The maximum Gasteiger partial charge on any atom is 0.303 e. The van der Waals surface area contributed by atoms with E-state index in [1.165, 1.54) is 11.1 Å². The average molecular weight is 323 g/mol. The molecule has 5 nitrogen and oxygen atoms in total. The second-order valence-corrected chi connectivity index (χ2v) is 6.24. The molecule has 2 aromatic heterocycles. The molecule has 0 bridgehead atoms. The molecule has 0 saturated carbocycles. The first-order valence-corrected chi connectivity index (χ1v) is 8.08. The number of nitrogens with zero attached hydrogens (tertiary/aromatic N) is 3. The molecule has 0 unspecified atom stereocenters. The molecule has 0 atom stereocenters. The maximum absolute atomic E-state index is 10.8. The van der Waals surface area contributed by atoms with Crippen LogP contribution in [0, 0.1) is 20.8 Å². The Morgan fingerprint density at radius 2 is 1.96 bits per heavy atom. The first-order valence-electron chi connectivity index (χ1n) is 8.08. The van der Waals surface area contributed by atoms with Crippen molar-refractivity contribution in [2.24, 2.45) is 0 Å². The quantitative estimate of drug-likeness (QED) is 0.773. The van der Waals surface area contributed by atoms with Crippen molar-refractivity contribution in [1.29, 1.82) is 0 Å². The topological polar surface area (TPSA) is 68.0 Å². The van der Waals surface area contributed by atoms with Crippen LogP contribution < -0.4 is 0 Å². The van der Waals surface area contributed by atoms with Gasteiger partial charge in [0.15, 0.2) is 5.65 Å². The number of aliphatic carboxylic acids is 1. The summed E-state index contributed by atoms with van der Waals surface area (Å²) in [5.74, 6) is 0.0625. The lowest BCUT2D eigenvalue weighted by Crippen LogP contribution is -2.05. The highest BCUT2D eigenvalue weighted by molar-refractivity contribution is 5.78. The molecule has 3 aromatic rings. The summed E-state index contributed by atoms with van der Waals surface area (Å²) in [5.41, 5.74) is 6.19. The van der Waals surface area contributed by atoms with Gasteiger partial charge in [0.25, 0.3) is 0 Å². The summed E-state index contributed by atoms with van der Waals surface area (Å²) < 4.78 is 2.03. The molecule has 1 N–H and O–H groups in total. The number of carboxylic acid groups (broad SMARTS) is 1. The number of carbonyl (C=O) groups is 1. The van der Waals surface area contributed by atoms with Crippen molar-refractivity contribution >= 4 is 17.1 Å². The molecule has 124 valence electrons. The van der Waals surface area contributed by atoms with E-state index in [2.05, 4.69) is 37.0 Å². The molecule has 2 heterocycles. The summed E-state index contributed by atoms with van der Waals surface area (Å²) in [6, 6.07) is 8.28. The van der Waals surface area contributed by atoms with Gasteiger partial charge in [-0.1, -0.05) is 12.1 Å². The number of fused-ring (bicyclic) bond motifs is 1. The second-order valence-electron chi connectivity index (χ2n) is 6.24. The predicted octanol–water partition coefficient (Wildman–Crippen LogP) is 3.89. The van der Waals surface area contributed by atoms with Crippen LogP contribution in [0.25, 0.3) is 22.6 Å². The number of pyridine rings is 1. The maximum atomic E-state index is 10.8. The average Bonchev–Trinajstić information content (AvgIpc) is 2.87. The smallest absolute Gasteiger partial charge is 0.303 e. The van der Waals surface area contributed by atoms with Gasteiger partial charge in [-0.25, -0.2) is 9.97 Å². The highest BCUT2D eigenvalue weighted by Crippen LogP contribution is 2.26. The third-order valence-electron chi connectivity index (χ3n) is 4.26. The van der Waals surface area contributed by atoms with E-state index in [1.807, 2.05) is 23.8 Å². The van der Waals surface area contributed by atoms with Crippen LogP contribution in [0.1, 0.15) is 29.5 Å². The van der Waals surface area contributed by atoms with Crippen LogP contribution in [0.2, 0.25) is 0 Å². The fraction of sp³-hybridized carbons (Fsp3) is 0.316. The lowest BCUT2D eigenvalue weighted by molar-refractivity contribution is -0.137. The van der Waals surface area contributed by atoms with Crippen molar-refractivity contribution in [1.82, 2.24) is 14.5 Å². The molecule has 24 heavy (non-hydrogen) atoms. The van der Waals surface area contributed by atoms with E-state index in [-0.39, 0.29) is 6.42 Å². The number of imidazole rings is 1. The van der Waals surface area contributed by atoms with E-state index < -0.39 is 5.97 Å². The Morgan fingerprint density at radius 3 is 2.67 bits per heavy atom. The van der Waals surface area contributed by atoms with E-state index in [0.717, 1.165) is 28.1 Å². The molecule has 0 aliphatic carbocycles. The predicted molar refractivity (Wildman–Crippen MR) is 94.0 cm³/mol. The molecule has 0 amide bonds. The van der Waals surface area contributed by atoms with E-state index in [0.29, 0.717) is 13.0 Å². The Bertz CT molecular complexity index is 912. The Morgan fingerprint density at radius 1 is 1.17 bits per heavy atom. The Balaban J connectivity index is 2.10. The van der Waals surface area contributed by atoms with Crippen molar-refractivity contribution in [3.63, 3.8) is 0 Å². The van der Waals surface area contributed by atoms with E-state index in [4.69, 9.17) is 10.1 Å². The number of benzene rings is 1. The molecule has 0 spiro atoms. The van der Waals surface area contributed by atoms with Gasteiger partial charge in [0.2, 0.25) is 0 Å². The lowest BCUT2D eigenvalue weighted by Gasteiger charge is -2.09. The highest BCUT2D eigenvalue weighted by Gasteiger charge is 2.14. The standard InChI is InChI=1S/C19H21N3O2/c1-12-9-16-19(20-11-12)22(8-4-5-17(23)24)18(21-16)15-7-6-13(2)14(3)10-15/h6-7,9-11H,4-5,8H2,1-3H3,(H,23,24). The molecule has 1 aromatic carbocycles. The zero-order valence-electron chi connectivity index (χ0n) is 14.2. The van der Waals surface area contributed by atoms with Gasteiger partial charge in [0.05, 0.1) is 0 Å². The second kappa shape index (κ2) is 6.43. The van der Waals surface area contributed by atoms with E-state index in [9.17, 15) is 4.79 Å². The molecule has 0 saturated heterocycles. The number of aromatic nitrogens is 3. The van der Waals surface area contributed by atoms with Crippen LogP contribution in [0.5, 0.6) is 0 Å². The zero-order valence-corrected chi connectivity index (χ0v) is 14.2. The lowest BCUT2D eigenvalue weighted by atomic mass is 10.1. The van der Waals surface area contributed by atoms with E-state index in [1.54, 1.807) is 0 Å². The zero-order chi connectivity index (χ0) is 17.3. The summed E-state index contributed by atoms with van der Waals surface area (Å²) in [4.78, 5) is 20.1. The molecule has 0 radical (unpaired) electrons. The van der Waals surface area contributed by atoms with Gasteiger partial charge in [-0.2, -0.15) is 0 Å². The molecule has 0 fully saturated rings. The van der Waals surface area contributed by atoms with Crippen LogP contribution in [-0.4, -0.2) is 25.6 Å². The fourth-order valence-corrected chi connectivity index (χ4v) is 2.81. The van der Waals surface area contributed by atoms with Crippen molar-refractivity contribution in [2.45, 2.75) is 40.2 Å². The first kappa shape index (κ1) is 16.2. The summed E-state index contributed by atoms with van der Waals surface area (Å²) >= 11 is 0. The molecular formula is C19H21N3O2. The van der Waals surface area contributed by atoms with Crippen molar-refractivity contribution in [3.05, 3.63) is 47.2 Å². The Hall–Kier alpha value is -2.69.